The smallest absolute Gasteiger partial charge is 0.159 e. The molecule has 134 valence electrons. The Morgan fingerprint density at radius 3 is 2.42 bits per heavy atom. The van der Waals surface area contributed by atoms with Crippen molar-refractivity contribution in [2.75, 3.05) is 25.7 Å². The fraction of sp³-hybridized carbons (Fsp3) is 0.300. The topological polar surface area (TPSA) is 67.7 Å². The number of aliphatic hydroxyl groups excluding tert-OH is 1. The number of nitrogens with zero attached hydrogens (tertiary/aromatic N) is 3. The maximum Gasteiger partial charge on any atom is 0.159 e. The molecule has 2 aromatic carbocycles. The number of fused-ring (bicyclic) bond motifs is 2. The fourth-order valence-electron chi connectivity index (χ4n) is 3.69. The molecule has 0 saturated carbocycles. The first kappa shape index (κ1) is 16.6. The molecule has 0 spiro atoms. The van der Waals surface area contributed by atoms with Gasteiger partial charge in [0, 0.05) is 28.4 Å². The molecule has 1 aliphatic rings. The number of rotatable bonds is 3. The Kier molecular flexibility index (Phi) is 4.12. The highest BCUT2D eigenvalue weighted by Crippen LogP contribution is 2.41. The minimum absolute atomic E-state index is 0.415. The molecule has 4 rings (SSSR count). The lowest BCUT2D eigenvalue weighted by Crippen LogP contribution is -2.35. The average Bonchev–Trinajstić information content (AvgIpc) is 2.67. The molecule has 0 fully saturated rings. The molecule has 26 heavy (non-hydrogen) atoms. The van der Waals surface area contributed by atoms with Gasteiger partial charge in [0.2, 0.25) is 0 Å². The number of benzene rings is 2. The zero-order chi connectivity index (χ0) is 18.3. The third-order valence-electron chi connectivity index (χ3n) is 4.94. The van der Waals surface area contributed by atoms with Gasteiger partial charge < -0.3 is 19.5 Å². The summed E-state index contributed by atoms with van der Waals surface area (Å²) < 4.78 is 11.0. The van der Waals surface area contributed by atoms with E-state index in [9.17, 15) is 5.11 Å². The number of aryl methyl sites for hydroxylation is 1. The third-order valence-corrected chi connectivity index (χ3v) is 4.94. The monoisotopic (exact) mass is 351 g/mol. The molecule has 0 amide bonds. The summed E-state index contributed by atoms with van der Waals surface area (Å²) in [5.74, 6) is 2.17. The van der Waals surface area contributed by atoms with Crippen LogP contribution in [0.15, 0.2) is 36.4 Å². The Labute approximate surface area is 152 Å². The summed E-state index contributed by atoms with van der Waals surface area (Å²) in [4.78, 5) is 2.05. The normalized spacial score (nSPS) is 16.5. The quantitative estimate of drug-likeness (QED) is 0.782. The van der Waals surface area contributed by atoms with Crippen LogP contribution in [0.1, 0.15) is 22.9 Å². The van der Waals surface area contributed by atoms with Gasteiger partial charge in [0.25, 0.3) is 0 Å². The van der Waals surface area contributed by atoms with E-state index >= 15 is 0 Å². The minimum atomic E-state index is -0.703. The number of aromatic nitrogens is 2. The maximum absolute atomic E-state index is 10.8. The van der Waals surface area contributed by atoms with Crippen LogP contribution in [0.2, 0.25) is 0 Å². The molecule has 2 heterocycles. The lowest BCUT2D eigenvalue weighted by Gasteiger charge is -2.35. The van der Waals surface area contributed by atoms with Crippen LogP contribution in [0.5, 0.6) is 11.5 Å². The summed E-state index contributed by atoms with van der Waals surface area (Å²) in [7, 11) is 3.24. The maximum atomic E-state index is 10.8. The summed E-state index contributed by atoms with van der Waals surface area (Å²) in [6, 6.07) is 11.8. The second-order valence-electron chi connectivity index (χ2n) is 6.41. The van der Waals surface area contributed by atoms with Crippen LogP contribution < -0.4 is 14.4 Å². The van der Waals surface area contributed by atoms with E-state index in [4.69, 9.17) is 9.47 Å². The summed E-state index contributed by atoms with van der Waals surface area (Å²) in [6.45, 7) is 2.93. The van der Waals surface area contributed by atoms with Gasteiger partial charge in [0.15, 0.2) is 5.82 Å². The van der Waals surface area contributed by atoms with Gasteiger partial charge in [0.1, 0.15) is 17.6 Å². The SMILES string of the molecule is COc1ccc(OC)c2c1CN(c1nnc(C)c3ccccc13)CC2O. The van der Waals surface area contributed by atoms with E-state index in [0.29, 0.717) is 18.8 Å². The van der Waals surface area contributed by atoms with Crippen LogP contribution in [0.4, 0.5) is 5.82 Å². The molecule has 1 aromatic heterocycles. The second kappa shape index (κ2) is 6.46. The van der Waals surface area contributed by atoms with Gasteiger partial charge in [-0.1, -0.05) is 24.3 Å². The number of ether oxygens (including phenoxy) is 2. The molecule has 6 heteroatoms. The lowest BCUT2D eigenvalue weighted by molar-refractivity contribution is 0.169. The molecule has 1 aliphatic heterocycles. The Bertz CT molecular complexity index is 974. The molecule has 1 atom stereocenters. The van der Waals surface area contributed by atoms with Gasteiger partial charge in [-0.2, -0.15) is 5.10 Å². The highest BCUT2D eigenvalue weighted by atomic mass is 16.5. The summed E-state index contributed by atoms with van der Waals surface area (Å²) in [5.41, 5.74) is 2.59. The summed E-state index contributed by atoms with van der Waals surface area (Å²) >= 11 is 0. The molecule has 0 saturated heterocycles. The number of anilines is 1. The van der Waals surface area contributed by atoms with Crippen molar-refractivity contribution in [3.63, 3.8) is 0 Å². The molecule has 0 bridgehead atoms. The first-order valence-corrected chi connectivity index (χ1v) is 8.52. The Morgan fingerprint density at radius 1 is 1.00 bits per heavy atom. The number of hydrogen-bond donors (Lipinski definition) is 1. The molecular formula is C20H21N3O3. The zero-order valence-corrected chi connectivity index (χ0v) is 15.1. The Hall–Kier alpha value is -2.86. The molecule has 6 nitrogen and oxygen atoms in total. The Balaban J connectivity index is 1.85. The minimum Gasteiger partial charge on any atom is -0.496 e. The van der Waals surface area contributed by atoms with Crippen LogP contribution in [-0.2, 0) is 6.54 Å². The van der Waals surface area contributed by atoms with E-state index in [-0.39, 0.29) is 0 Å². The first-order chi connectivity index (χ1) is 12.6. The van der Waals surface area contributed by atoms with E-state index in [1.165, 1.54) is 0 Å². The molecule has 0 aliphatic carbocycles. The van der Waals surface area contributed by atoms with Gasteiger partial charge in [-0.25, -0.2) is 0 Å². The number of hydrogen-bond acceptors (Lipinski definition) is 6. The largest absolute Gasteiger partial charge is 0.496 e. The number of methoxy groups -OCH3 is 2. The molecular weight excluding hydrogens is 330 g/mol. The zero-order valence-electron chi connectivity index (χ0n) is 15.1. The standard InChI is InChI=1S/C20H21N3O3/c1-12-13-6-4-5-7-14(13)20(22-21-12)23-10-15-17(25-2)8-9-18(26-3)19(15)16(24)11-23/h4-9,16,24H,10-11H2,1-3H3. The van der Waals surface area contributed by atoms with Crippen LogP contribution in [0.25, 0.3) is 10.8 Å². The van der Waals surface area contributed by atoms with Crippen molar-refractivity contribution in [2.24, 2.45) is 0 Å². The first-order valence-electron chi connectivity index (χ1n) is 8.52. The number of aliphatic hydroxyl groups is 1. The molecule has 0 radical (unpaired) electrons. The van der Waals surface area contributed by atoms with E-state index < -0.39 is 6.10 Å². The van der Waals surface area contributed by atoms with Gasteiger partial charge in [-0.05, 0) is 19.1 Å². The van der Waals surface area contributed by atoms with Gasteiger partial charge in [-0.3, -0.25) is 0 Å². The van der Waals surface area contributed by atoms with Crippen LogP contribution in [0, 0.1) is 6.92 Å². The van der Waals surface area contributed by atoms with Crippen molar-refractivity contribution in [3.05, 3.63) is 53.2 Å². The summed E-state index contributed by atoms with van der Waals surface area (Å²) in [6.07, 6.45) is -0.703. The number of β-amino-alcohol motifs (C(OH)–C–C–N with tert-alkyl or cyclic N) is 1. The molecule has 3 aromatic rings. The van der Waals surface area contributed by atoms with Gasteiger partial charge in [-0.15, -0.1) is 5.10 Å². The van der Waals surface area contributed by atoms with E-state index in [1.54, 1.807) is 14.2 Å². The van der Waals surface area contributed by atoms with Crippen molar-refractivity contribution < 1.29 is 14.6 Å². The van der Waals surface area contributed by atoms with Crippen molar-refractivity contribution in [1.82, 2.24) is 10.2 Å². The predicted molar refractivity (Wildman–Crippen MR) is 99.8 cm³/mol. The van der Waals surface area contributed by atoms with E-state index in [2.05, 4.69) is 10.2 Å². The highest BCUT2D eigenvalue weighted by Gasteiger charge is 2.31. The highest BCUT2D eigenvalue weighted by molar-refractivity contribution is 5.93. The van der Waals surface area contributed by atoms with Gasteiger partial charge >= 0.3 is 0 Å². The Morgan fingerprint density at radius 2 is 1.69 bits per heavy atom. The van der Waals surface area contributed by atoms with Crippen molar-refractivity contribution in [1.29, 1.82) is 0 Å². The third kappa shape index (κ3) is 2.54. The van der Waals surface area contributed by atoms with Crippen molar-refractivity contribution >= 4 is 16.6 Å². The predicted octanol–water partition coefficient (Wildman–Crippen LogP) is 3.01. The van der Waals surface area contributed by atoms with Crippen LogP contribution in [0.3, 0.4) is 0 Å². The summed E-state index contributed by atoms with van der Waals surface area (Å²) in [5, 5.41) is 21.7. The second-order valence-corrected chi connectivity index (χ2v) is 6.41. The van der Waals surface area contributed by atoms with Gasteiger partial charge in [0.05, 0.1) is 26.5 Å². The van der Waals surface area contributed by atoms with Crippen LogP contribution in [-0.4, -0.2) is 36.1 Å². The lowest BCUT2D eigenvalue weighted by atomic mass is 9.95. The average molecular weight is 351 g/mol. The van der Waals surface area contributed by atoms with E-state index in [0.717, 1.165) is 39.2 Å². The molecule has 1 N–H and O–H groups in total. The van der Waals surface area contributed by atoms with Crippen LogP contribution >= 0.6 is 0 Å². The molecule has 1 unspecified atom stereocenters. The van der Waals surface area contributed by atoms with E-state index in [1.807, 2.05) is 48.2 Å². The van der Waals surface area contributed by atoms with Crippen molar-refractivity contribution in [2.45, 2.75) is 19.6 Å². The fourth-order valence-corrected chi connectivity index (χ4v) is 3.69. The van der Waals surface area contributed by atoms with Crippen molar-refractivity contribution in [3.8, 4) is 11.5 Å².